The van der Waals surface area contributed by atoms with Gasteiger partial charge in [-0.3, -0.25) is 4.90 Å². The number of piperidine rings is 1. The van der Waals surface area contributed by atoms with Gasteiger partial charge in [-0.25, -0.2) is 0 Å². The van der Waals surface area contributed by atoms with Crippen LogP contribution in [0, 0.1) is 11.3 Å². The van der Waals surface area contributed by atoms with Crippen LogP contribution in [-0.4, -0.2) is 72.6 Å². The van der Waals surface area contributed by atoms with Crippen molar-refractivity contribution in [3.05, 3.63) is 0 Å². The second-order valence-corrected chi connectivity index (χ2v) is 10.1. The van der Waals surface area contributed by atoms with Gasteiger partial charge >= 0.3 is 0 Å². The number of piperazine rings is 1. The first-order valence-electron chi connectivity index (χ1n) is 9.83. The van der Waals surface area contributed by atoms with E-state index < -0.39 is 0 Å². The lowest BCUT2D eigenvalue weighted by Crippen LogP contribution is -2.54. The molecule has 0 aliphatic carbocycles. The summed E-state index contributed by atoms with van der Waals surface area (Å²) in [6.07, 6.45) is 4.14. The molecule has 2 rings (SSSR count). The number of likely N-dealkylation sites (tertiary alicyclic amines) is 1. The van der Waals surface area contributed by atoms with Crippen molar-refractivity contribution >= 4 is 0 Å². The molecule has 0 aromatic rings. The SMILES string of the molecule is CC(C)(C)CCN1CCC(CN2CCN(C(C)(C)C)CC2)CC1. The van der Waals surface area contributed by atoms with Crippen molar-refractivity contribution in [3.63, 3.8) is 0 Å². The van der Waals surface area contributed by atoms with Crippen LogP contribution in [0.15, 0.2) is 0 Å². The molecule has 2 heterocycles. The van der Waals surface area contributed by atoms with E-state index in [2.05, 4.69) is 56.2 Å². The van der Waals surface area contributed by atoms with E-state index in [0.717, 1.165) is 5.92 Å². The largest absolute Gasteiger partial charge is 0.303 e. The second-order valence-electron chi connectivity index (χ2n) is 10.1. The standard InChI is InChI=1S/C20H41N3/c1-19(2,3)9-12-21-10-7-18(8-11-21)17-22-13-15-23(16-14-22)20(4,5)6/h18H,7-17H2,1-6H3. The Kier molecular flexibility index (Phi) is 6.55. The first-order valence-corrected chi connectivity index (χ1v) is 9.83. The van der Waals surface area contributed by atoms with Crippen LogP contribution in [0.5, 0.6) is 0 Å². The van der Waals surface area contributed by atoms with Gasteiger partial charge in [-0.05, 0) is 71.0 Å². The zero-order valence-corrected chi connectivity index (χ0v) is 16.7. The lowest BCUT2D eigenvalue weighted by atomic mass is 9.90. The molecule has 0 aromatic carbocycles. The van der Waals surface area contributed by atoms with Crippen molar-refractivity contribution < 1.29 is 0 Å². The van der Waals surface area contributed by atoms with E-state index in [4.69, 9.17) is 0 Å². The van der Waals surface area contributed by atoms with Crippen LogP contribution in [0.1, 0.15) is 60.8 Å². The Hall–Kier alpha value is -0.120. The van der Waals surface area contributed by atoms with Gasteiger partial charge in [0.1, 0.15) is 0 Å². The highest BCUT2D eigenvalue weighted by atomic mass is 15.3. The Labute approximate surface area is 145 Å². The molecule has 3 nitrogen and oxygen atoms in total. The third-order valence-corrected chi connectivity index (χ3v) is 5.72. The van der Waals surface area contributed by atoms with Gasteiger partial charge in [0, 0.05) is 38.3 Å². The molecule has 2 fully saturated rings. The highest BCUT2D eigenvalue weighted by molar-refractivity contribution is 4.84. The van der Waals surface area contributed by atoms with Gasteiger partial charge in [0.2, 0.25) is 0 Å². The molecule has 2 aliphatic rings. The summed E-state index contributed by atoms with van der Waals surface area (Å²) < 4.78 is 0. The van der Waals surface area contributed by atoms with Crippen LogP contribution in [0.25, 0.3) is 0 Å². The minimum atomic E-state index is 0.338. The van der Waals surface area contributed by atoms with E-state index in [0.29, 0.717) is 11.0 Å². The molecular formula is C20H41N3. The minimum absolute atomic E-state index is 0.338. The molecule has 0 saturated carbocycles. The normalized spacial score (nSPS) is 24.3. The molecule has 0 N–H and O–H groups in total. The fourth-order valence-corrected chi connectivity index (χ4v) is 3.85. The maximum absolute atomic E-state index is 2.72. The van der Waals surface area contributed by atoms with E-state index >= 15 is 0 Å². The smallest absolute Gasteiger partial charge is 0.0126 e. The lowest BCUT2D eigenvalue weighted by Gasteiger charge is -2.43. The Morgan fingerprint density at radius 3 is 1.78 bits per heavy atom. The number of hydrogen-bond donors (Lipinski definition) is 0. The quantitative estimate of drug-likeness (QED) is 0.783. The molecule has 0 radical (unpaired) electrons. The summed E-state index contributed by atoms with van der Waals surface area (Å²) in [6, 6.07) is 0. The average molecular weight is 324 g/mol. The predicted octanol–water partition coefficient (Wildman–Crippen LogP) is 3.55. The summed E-state index contributed by atoms with van der Waals surface area (Å²) in [4.78, 5) is 8.05. The molecule has 2 aliphatic heterocycles. The lowest BCUT2D eigenvalue weighted by molar-refractivity contribution is 0.0473. The van der Waals surface area contributed by atoms with Crippen molar-refractivity contribution in [3.8, 4) is 0 Å². The summed E-state index contributed by atoms with van der Waals surface area (Å²) in [6.45, 7) is 24.4. The Bertz CT molecular complexity index is 337. The summed E-state index contributed by atoms with van der Waals surface area (Å²) in [5.74, 6) is 0.932. The Morgan fingerprint density at radius 2 is 1.30 bits per heavy atom. The van der Waals surface area contributed by atoms with Crippen LogP contribution >= 0.6 is 0 Å². The predicted molar refractivity (Wildman–Crippen MR) is 101 cm³/mol. The molecule has 2 saturated heterocycles. The Morgan fingerprint density at radius 1 is 0.739 bits per heavy atom. The molecule has 0 amide bonds. The van der Waals surface area contributed by atoms with E-state index in [9.17, 15) is 0 Å². The molecule has 0 atom stereocenters. The minimum Gasteiger partial charge on any atom is -0.303 e. The molecule has 0 bridgehead atoms. The van der Waals surface area contributed by atoms with Crippen molar-refractivity contribution in [2.75, 3.05) is 52.4 Å². The van der Waals surface area contributed by atoms with Crippen LogP contribution in [-0.2, 0) is 0 Å². The van der Waals surface area contributed by atoms with E-state index in [1.165, 1.54) is 71.6 Å². The maximum Gasteiger partial charge on any atom is 0.0126 e. The van der Waals surface area contributed by atoms with Crippen molar-refractivity contribution in [2.24, 2.45) is 11.3 Å². The van der Waals surface area contributed by atoms with Crippen LogP contribution in [0.3, 0.4) is 0 Å². The topological polar surface area (TPSA) is 9.72 Å². The average Bonchev–Trinajstić information content (AvgIpc) is 2.45. The summed E-state index contributed by atoms with van der Waals surface area (Å²) in [5, 5.41) is 0. The first kappa shape index (κ1) is 19.2. The zero-order valence-electron chi connectivity index (χ0n) is 16.7. The molecular weight excluding hydrogens is 282 g/mol. The van der Waals surface area contributed by atoms with Gasteiger partial charge in [-0.1, -0.05) is 20.8 Å². The molecule has 0 aromatic heterocycles. The third kappa shape index (κ3) is 6.72. The summed E-state index contributed by atoms with van der Waals surface area (Å²) in [7, 11) is 0. The number of rotatable bonds is 4. The highest BCUT2D eigenvalue weighted by Crippen LogP contribution is 2.24. The van der Waals surface area contributed by atoms with Gasteiger partial charge in [0.05, 0.1) is 0 Å². The molecule has 23 heavy (non-hydrogen) atoms. The number of nitrogens with zero attached hydrogens (tertiary/aromatic N) is 3. The second kappa shape index (κ2) is 7.84. The maximum atomic E-state index is 2.72. The monoisotopic (exact) mass is 323 g/mol. The van der Waals surface area contributed by atoms with Gasteiger partial charge in [0.25, 0.3) is 0 Å². The zero-order chi connectivity index (χ0) is 17.1. The van der Waals surface area contributed by atoms with Gasteiger partial charge in [-0.2, -0.15) is 0 Å². The fourth-order valence-electron chi connectivity index (χ4n) is 3.85. The van der Waals surface area contributed by atoms with Crippen LogP contribution in [0.2, 0.25) is 0 Å². The first-order chi connectivity index (χ1) is 10.6. The van der Waals surface area contributed by atoms with E-state index in [1.54, 1.807) is 0 Å². The van der Waals surface area contributed by atoms with E-state index in [-0.39, 0.29) is 0 Å². The van der Waals surface area contributed by atoms with Crippen molar-refractivity contribution in [1.29, 1.82) is 0 Å². The van der Waals surface area contributed by atoms with Crippen LogP contribution in [0.4, 0.5) is 0 Å². The van der Waals surface area contributed by atoms with Crippen molar-refractivity contribution in [1.82, 2.24) is 14.7 Å². The van der Waals surface area contributed by atoms with Gasteiger partial charge < -0.3 is 9.80 Å². The van der Waals surface area contributed by atoms with Gasteiger partial charge in [0.15, 0.2) is 0 Å². The molecule has 136 valence electrons. The van der Waals surface area contributed by atoms with Gasteiger partial charge in [-0.15, -0.1) is 0 Å². The van der Waals surface area contributed by atoms with Crippen molar-refractivity contribution in [2.45, 2.75) is 66.3 Å². The van der Waals surface area contributed by atoms with Crippen LogP contribution < -0.4 is 0 Å². The third-order valence-electron chi connectivity index (χ3n) is 5.72. The summed E-state index contributed by atoms with van der Waals surface area (Å²) in [5.41, 5.74) is 0.814. The fraction of sp³-hybridized carbons (Fsp3) is 1.00. The summed E-state index contributed by atoms with van der Waals surface area (Å²) >= 11 is 0. The Balaban J connectivity index is 1.64. The molecule has 3 heteroatoms. The highest BCUT2D eigenvalue weighted by Gasteiger charge is 2.28. The number of hydrogen-bond acceptors (Lipinski definition) is 3. The molecule has 0 unspecified atom stereocenters. The van der Waals surface area contributed by atoms with E-state index in [1.807, 2.05) is 0 Å². The molecule has 0 spiro atoms.